The molecule has 0 spiro atoms. The molecule has 0 bridgehead atoms. The molecule has 0 amide bonds. The van der Waals surface area contributed by atoms with Crippen LogP contribution in [0.25, 0.3) is 0 Å². The molecule has 0 unspecified atom stereocenters. The Balaban J connectivity index is 2.08. The van der Waals surface area contributed by atoms with Gasteiger partial charge in [0.05, 0.1) is 0 Å². The molecule has 0 aliphatic carbocycles. The van der Waals surface area contributed by atoms with Gasteiger partial charge in [0, 0.05) is 0 Å². The first-order chi connectivity index (χ1) is 11.3. The number of unbranched alkanes of at least 4 members (excludes halogenated alkanes) is 3. The zero-order valence-corrected chi connectivity index (χ0v) is 15.4. The zero-order valence-electron chi connectivity index (χ0n) is 13.7. The second-order valence-corrected chi connectivity index (χ2v) is 8.08. The molecule has 2 aromatic rings. The third-order valence-electron chi connectivity index (χ3n) is 3.62. The van der Waals surface area contributed by atoms with Crippen molar-refractivity contribution in [2.24, 2.45) is 0 Å². The van der Waals surface area contributed by atoms with Crippen molar-refractivity contribution in [3.8, 4) is 0 Å². The number of carbonyl (C=O) groups is 1. The topological polar surface area (TPSA) is 17.1 Å². The fourth-order valence-electron chi connectivity index (χ4n) is 2.35. The molecule has 0 fully saturated rings. The van der Waals surface area contributed by atoms with E-state index in [1.165, 1.54) is 34.6 Å². The molecule has 0 aromatic heterocycles. The fraction of sp³-hybridized carbons (Fsp3) is 0.286. The van der Waals surface area contributed by atoms with Gasteiger partial charge in [-0.25, -0.2) is 0 Å². The first kappa shape index (κ1) is 17.7. The summed E-state index contributed by atoms with van der Waals surface area (Å²) in [5, 5.41) is 0. The van der Waals surface area contributed by atoms with Gasteiger partial charge < -0.3 is 0 Å². The van der Waals surface area contributed by atoms with Crippen molar-refractivity contribution in [1.29, 1.82) is 0 Å². The standard InChI is InChI=1S/C21H24OSe/c1-2-3-4-9-16-20(23-19-14-10-6-11-15-19)17-21(22)18-12-7-5-8-13-18/h5-8,10-15,17H,2-4,9,16H2,1H3/b20-17-. The van der Waals surface area contributed by atoms with E-state index in [9.17, 15) is 4.79 Å². The van der Waals surface area contributed by atoms with E-state index in [4.69, 9.17) is 0 Å². The molecule has 0 saturated heterocycles. The average Bonchev–Trinajstić information content (AvgIpc) is 2.60. The molecule has 2 heteroatoms. The van der Waals surface area contributed by atoms with Crippen molar-refractivity contribution < 1.29 is 4.79 Å². The summed E-state index contributed by atoms with van der Waals surface area (Å²) in [5.74, 6) is 0.133. The van der Waals surface area contributed by atoms with Gasteiger partial charge >= 0.3 is 146 Å². The van der Waals surface area contributed by atoms with Crippen LogP contribution < -0.4 is 4.46 Å². The third-order valence-corrected chi connectivity index (χ3v) is 5.91. The summed E-state index contributed by atoms with van der Waals surface area (Å²) in [7, 11) is 0. The maximum absolute atomic E-state index is 12.5. The molecule has 0 atom stereocenters. The molecule has 23 heavy (non-hydrogen) atoms. The van der Waals surface area contributed by atoms with Crippen molar-refractivity contribution >= 4 is 25.2 Å². The van der Waals surface area contributed by atoms with E-state index in [0.717, 1.165) is 12.0 Å². The summed E-state index contributed by atoms with van der Waals surface area (Å²) in [4.78, 5) is 12.5. The quantitative estimate of drug-likeness (QED) is 0.269. The summed E-state index contributed by atoms with van der Waals surface area (Å²) in [6.07, 6.45) is 7.86. The molecular weight excluding hydrogens is 347 g/mol. The number of hydrogen-bond donors (Lipinski definition) is 0. The van der Waals surface area contributed by atoms with E-state index >= 15 is 0 Å². The summed E-state index contributed by atoms with van der Waals surface area (Å²) in [6.45, 7) is 2.23. The van der Waals surface area contributed by atoms with Crippen LogP contribution >= 0.6 is 0 Å². The Morgan fingerprint density at radius 3 is 2.22 bits per heavy atom. The van der Waals surface area contributed by atoms with Crippen molar-refractivity contribution in [3.63, 3.8) is 0 Å². The maximum atomic E-state index is 12.5. The van der Waals surface area contributed by atoms with Gasteiger partial charge in [-0.1, -0.05) is 0 Å². The summed E-state index contributed by atoms with van der Waals surface area (Å²) >= 11 is 0.234. The van der Waals surface area contributed by atoms with Crippen LogP contribution in [0.5, 0.6) is 0 Å². The normalized spacial score (nSPS) is 11.4. The van der Waals surface area contributed by atoms with Crippen LogP contribution in [0.15, 0.2) is 71.2 Å². The number of hydrogen-bond acceptors (Lipinski definition) is 1. The van der Waals surface area contributed by atoms with Crippen LogP contribution in [0.4, 0.5) is 0 Å². The van der Waals surface area contributed by atoms with Crippen LogP contribution in [0.3, 0.4) is 0 Å². The molecule has 0 aliphatic rings. The first-order valence-corrected chi connectivity index (χ1v) is 10.0. The van der Waals surface area contributed by atoms with E-state index in [1.807, 2.05) is 42.5 Å². The number of ketones is 1. The van der Waals surface area contributed by atoms with Crippen molar-refractivity contribution in [1.82, 2.24) is 0 Å². The minimum absolute atomic E-state index is 0.133. The SMILES string of the molecule is CCCCCC/C(=C/C(=O)c1ccccc1)[Se]c1ccccc1. The molecule has 0 saturated carbocycles. The van der Waals surface area contributed by atoms with Gasteiger partial charge in [0.15, 0.2) is 0 Å². The summed E-state index contributed by atoms with van der Waals surface area (Å²) < 4.78 is 2.64. The number of carbonyl (C=O) groups excluding carboxylic acids is 1. The Labute approximate surface area is 146 Å². The number of allylic oxidation sites excluding steroid dienone is 2. The molecule has 0 aliphatic heterocycles. The molecular formula is C21H24OSe. The van der Waals surface area contributed by atoms with Crippen LogP contribution in [0.1, 0.15) is 49.4 Å². The van der Waals surface area contributed by atoms with Gasteiger partial charge in [0.2, 0.25) is 0 Å². The van der Waals surface area contributed by atoms with Crippen molar-refractivity contribution in [2.75, 3.05) is 0 Å². The van der Waals surface area contributed by atoms with Crippen LogP contribution in [-0.4, -0.2) is 20.7 Å². The fourth-order valence-corrected chi connectivity index (χ4v) is 4.47. The average molecular weight is 371 g/mol. The van der Waals surface area contributed by atoms with E-state index < -0.39 is 0 Å². The van der Waals surface area contributed by atoms with Crippen molar-refractivity contribution in [2.45, 2.75) is 39.0 Å². The van der Waals surface area contributed by atoms with Gasteiger partial charge in [-0.3, -0.25) is 0 Å². The predicted octanol–water partition coefficient (Wildman–Crippen LogP) is 4.75. The molecule has 0 N–H and O–H groups in total. The van der Waals surface area contributed by atoms with Gasteiger partial charge in [-0.15, -0.1) is 0 Å². The number of rotatable bonds is 9. The number of benzene rings is 2. The second-order valence-electron chi connectivity index (χ2n) is 5.57. The van der Waals surface area contributed by atoms with Gasteiger partial charge in [0.25, 0.3) is 0 Å². The molecule has 0 radical (unpaired) electrons. The summed E-state index contributed by atoms with van der Waals surface area (Å²) in [5.41, 5.74) is 0.780. The predicted molar refractivity (Wildman–Crippen MR) is 99.4 cm³/mol. The van der Waals surface area contributed by atoms with E-state index in [1.54, 1.807) is 0 Å². The molecule has 120 valence electrons. The van der Waals surface area contributed by atoms with Crippen LogP contribution in [0.2, 0.25) is 0 Å². The van der Waals surface area contributed by atoms with Crippen LogP contribution in [-0.2, 0) is 0 Å². The van der Waals surface area contributed by atoms with Crippen molar-refractivity contribution in [3.05, 3.63) is 76.8 Å². The Hall–Kier alpha value is -1.63. The minimum atomic E-state index is 0.133. The third kappa shape index (κ3) is 6.56. The Morgan fingerprint density at radius 2 is 1.57 bits per heavy atom. The van der Waals surface area contributed by atoms with E-state index in [-0.39, 0.29) is 20.7 Å². The van der Waals surface area contributed by atoms with Gasteiger partial charge in [-0.05, 0) is 0 Å². The monoisotopic (exact) mass is 372 g/mol. The van der Waals surface area contributed by atoms with E-state index in [0.29, 0.717) is 0 Å². The summed E-state index contributed by atoms with van der Waals surface area (Å²) in [6, 6.07) is 20.1. The Bertz CT molecular complexity index is 617. The van der Waals surface area contributed by atoms with Crippen LogP contribution in [0, 0.1) is 0 Å². The zero-order chi connectivity index (χ0) is 16.3. The molecule has 2 rings (SSSR count). The molecule has 2 aromatic carbocycles. The Morgan fingerprint density at radius 1 is 0.913 bits per heavy atom. The second kappa shape index (κ2) is 10.2. The van der Waals surface area contributed by atoms with Gasteiger partial charge in [-0.2, -0.15) is 0 Å². The Kier molecular flexibility index (Phi) is 7.86. The molecule has 1 nitrogen and oxygen atoms in total. The van der Waals surface area contributed by atoms with E-state index in [2.05, 4.69) is 31.2 Å². The molecule has 0 heterocycles. The first-order valence-electron chi connectivity index (χ1n) is 8.32. The van der Waals surface area contributed by atoms with Gasteiger partial charge in [0.1, 0.15) is 0 Å².